The zero-order valence-electron chi connectivity index (χ0n) is 17.5. The van der Waals surface area contributed by atoms with E-state index in [0.717, 1.165) is 16.8 Å². The summed E-state index contributed by atoms with van der Waals surface area (Å²) in [5.41, 5.74) is 9.12. The molecular weight excluding hydrogens is 364 g/mol. The summed E-state index contributed by atoms with van der Waals surface area (Å²) in [6.45, 7) is 6.40. The summed E-state index contributed by atoms with van der Waals surface area (Å²) in [7, 11) is 1.51. The van der Waals surface area contributed by atoms with Gasteiger partial charge >= 0.3 is 0 Å². The van der Waals surface area contributed by atoms with Crippen molar-refractivity contribution >= 4 is 11.5 Å². The van der Waals surface area contributed by atoms with Gasteiger partial charge in [-0.05, 0) is 42.8 Å². The number of nitrogens with two attached hydrogens (primary N) is 1. The minimum absolute atomic E-state index is 0.0300. The van der Waals surface area contributed by atoms with Crippen molar-refractivity contribution < 1.29 is 9.84 Å². The van der Waals surface area contributed by atoms with Crippen molar-refractivity contribution in [2.45, 2.75) is 39.7 Å². The number of aromatic hydroxyl groups is 1. The highest BCUT2D eigenvalue weighted by Crippen LogP contribution is 2.31. The number of rotatable bonds is 6. The zero-order valence-corrected chi connectivity index (χ0v) is 17.5. The van der Waals surface area contributed by atoms with Gasteiger partial charge in [-0.1, -0.05) is 38.8 Å². The Kier molecular flexibility index (Phi) is 8.27. The second-order valence-electron chi connectivity index (χ2n) is 6.71. The molecule has 0 bridgehead atoms. The first-order valence-electron chi connectivity index (χ1n) is 9.79. The molecule has 1 unspecified atom stereocenters. The summed E-state index contributed by atoms with van der Waals surface area (Å²) in [6.07, 6.45) is 5.98. The number of phenolic OH excluding ortho intramolecular Hbond substituents is 1. The van der Waals surface area contributed by atoms with E-state index >= 15 is 0 Å². The Labute approximate surface area is 172 Å². The molecule has 1 atom stereocenters. The van der Waals surface area contributed by atoms with Gasteiger partial charge in [0.25, 0.3) is 0 Å². The molecule has 6 heteroatoms. The lowest BCUT2D eigenvalue weighted by molar-refractivity contribution is 0.373. The van der Waals surface area contributed by atoms with Crippen LogP contribution in [0, 0.1) is 0 Å². The topological polar surface area (TPSA) is 93.3 Å². The normalized spacial score (nSPS) is 11.2. The van der Waals surface area contributed by atoms with Gasteiger partial charge in [-0.25, -0.2) is 4.98 Å². The Morgan fingerprint density at radius 1 is 1.10 bits per heavy atom. The molecule has 0 aliphatic rings. The van der Waals surface area contributed by atoms with E-state index in [1.54, 1.807) is 30.6 Å². The van der Waals surface area contributed by atoms with E-state index in [0.29, 0.717) is 17.3 Å². The first-order valence-corrected chi connectivity index (χ1v) is 9.79. The molecule has 6 nitrogen and oxygen atoms in total. The number of ether oxygens (including phenoxy) is 1. The lowest BCUT2D eigenvalue weighted by Gasteiger charge is -2.16. The van der Waals surface area contributed by atoms with Crippen LogP contribution in [0.2, 0.25) is 0 Å². The lowest BCUT2D eigenvalue weighted by atomic mass is 10.1. The predicted molar refractivity (Wildman–Crippen MR) is 119 cm³/mol. The number of unbranched alkanes of at least 4 members (excludes halogenated alkanes) is 1. The molecule has 4 N–H and O–H groups in total. The van der Waals surface area contributed by atoms with Crippen molar-refractivity contribution in [3.63, 3.8) is 0 Å². The lowest BCUT2D eigenvalue weighted by Crippen LogP contribution is -2.09. The maximum Gasteiger partial charge on any atom is 0.161 e. The van der Waals surface area contributed by atoms with Crippen LogP contribution >= 0.6 is 0 Å². The highest BCUT2D eigenvalue weighted by atomic mass is 16.5. The van der Waals surface area contributed by atoms with E-state index in [4.69, 9.17) is 10.5 Å². The van der Waals surface area contributed by atoms with Gasteiger partial charge in [-0.2, -0.15) is 0 Å². The minimum Gasteiger partial charge on any atom is -0.504 e. The Morgan fingerprint density at radius 2 is 1.86 bits per heavy atom. The number of methoxy groups -OCH3 is 1. The van der Waals surface area contributed by atoms with Crippen molar-refractivity contribution in [2.24, 2.45) is 0 Å². The quantitative estimate of drug-likeness (QED) is 0.483. The van der Waals surface area contributed by atoms with E-state index in [1.807, 2.05) is 31.2 Å². The number of nitrogens with one attached hydrogen (secondary N) is 1. The first-order chi connectivity index (χ1) is 14.0. The third-order valence-electron chi connectivity index (χ3n) is 4.39. The Balaban J connectivity index is 0.000000687. The van der Waals surface area contributed by atoms with Crippen molar-refractivity contribution in [1.82, 2.24) is 9.97 Å². The highest BCUT2D eigenvalue weighted by molar-refractivity contribution is 5.64. The number of phenols is 1. The van der Waals surface area contributed by atoms with Crippen LogP contribution in [-0.2, 0) is 0 Å². The number of hydrogen-bond donors (Lipinski definition) is 3. The second kappa shape index (κ2) is 10.9. The van der Waals surface area contributed by atoms with Crippen LogP contribution in [0.1, 0.15) is 45.2 Å². The molecule has 154 valence electrons. The van der Waals surface area contributed by atoms with Gasteiger partial charge in [-0.15, -0.1) is 0 Å². The van der Waals surface area contributed by atoms with E-state index in [-0.39, 0.29) is 11.8 Å². The number of anilines is 2. The third kappa shape index (κ3) is 6.38. The maximum atomic E-state index is 9.72. The highest BCUT2D eigenvalue weighted by Gasteiger charge is 2.10. The van der Waals surface area contributed by atoms with E-state index in [1.165, 1.54) is 20.0 Å². The third-order valence-corrected chi connectivity index (χ3v) is 4.39. The molecule has 2 aromatic carbocycles. The average molecular weight is 395 g/mol. The maximum absolute atomic E-state index is 9.72. The molecule has 0 radical (unpaired) electrons. The van der Waals surface area contributed by atoms with Crippen LogP contribution in [0.15, 0.2) is 54.9 Å². The SMILES string of the molecule is CCCC.COc1cc(-c2cncc(NC(C)c3cccc(N)c3)n2)ccc1O. The number of hydrogen-bond acceptors (Lipinski definition) is 6. The second-order valence-corrected chi connectivity index (χ2v) is 6.71. The van der Waals surface area contributed by atoms with Crippen LogP contribution < -0.4 is 15.8 Å². The van der Waals surface area contributed by atoms with Crippen LogP contribution in [-0.4, -0.2) is 22.2 Å². The molecule has 3 aromatic rings. The summed E-state index contributed by atoms with van der Waals surface area (Å²) in [4.78, 5) is 8.84. The van der Waals surface area contributed by atoms with Crippen molar-refractivity contribution in [1.29, 1.82) is 0 Å². The summed E-state index contributed by atoms with van der Waals surface area (Å²) < 4.78 is 5.15. The summed E-state index contributed by atoms with van der Waals surface area (Å²) in [6, 6.07) is 12.8. The molecule has 1 aromatic heterocycles. The van der Waals surface area contributed by atoms with E-state index < -0.39 is 0 Å². The molecule has 29 heavy (non-hydrogen) atoms. The fraction of sp³-hybridized carbons (Fsp3) is 0.304. The van der Waals surface area contributed by atoms with E-state index in [9.17, 15) is 5.11 Å². The standard InChI is InChI=1S/C19H20N4O2.C4H10/c1-12(13-4-3-5-15(20)8-13)22-19-11-21-10-16(23-19)14-6-7-17(24)18(9-14)25-2;1-3-4-2/h3-12,24H,20H2,1-2H3,(H,22,23);3-4H2,1-2H3. The molecule has 0 saturated carbocycles. The summed E-state index contributed by atoms with van der Waals surface area (Å²) in [5.74, 6) is 1.13. The van der Waals surface area contributed by atoms with Crippen LogP contribution in [0.25, 0.3) is 11.3 Å². The van der Waals surface area contributed by atoms with Crippen LogP contribution in [0.5, 0.6) is 11.5 Å². The number of nitrogen functional groups attached to an aromatic ring is 1. The van der Waals surface area contributed by atoms with Crippen LogP contribution in [0.4, 0.5) is 11.5 Å². The predicted octanol–water partition coefficient (Wildman–Crippen LogP) is 5.42. The van der Waals surface area contributed by atoms with Crippen molar-refractivity contribution in [3.05, 3.63) is 60.4 Å². The van der Waals surface area contributed by atoms with Crippen molar-refractivity contribution in [2.75, 3.05) is 18.2 Å². The minimum atomic E-state index is 0.0300. The summed E-state index contributed by atoms with van der Waals surface area (Å²) in [5, 5.41) is 13.0. The van der Waals surface area contributed by atoms with Gasteiger partial charge in [0.15, 0.2) is 11.5 Å². The van der Waals surface area contributed by atoms with Crippen LogP contribution in [0.3, 0.4) is 0 Å². The molecule has 0 amide bonds. The largest absolute Gasteiger partial charge is 0.504 e. The fourth-order valence-corrected chi connectivity index (χ4v) is 2.55. The average Bonchev–Trinajstić information content (AvgIpc) is 2.74. The molecule has 0 saturated heterocycles. The first kappa shape index (κ1) is 22.0. The zero-order chi connectivity index (χ0) is 21.2. The van der Waals surface area contributed by atoms with Gasteiger partial charge < -0.3 is 20.9 Å². The summed E-state index contributed by atoms with van der Waals surface area (Å²) >= 11 is 0. The Bertz CT molecular complexity index is 913. The molecule has 0 aliphatic heterocycles. The Hall–Kier alpha value is -3.28. The monoisotopic (exact) mass is 394 g/mol. The van der Waals surface area contributed by atoms with Gasteiger partial charge in [0, 0.05) is 11.3 Å². The number of nitrogens with zero attached hydrogens (tertiary/aromatic N) is 2. The van der Waals surface area contributed by atoms with Gasteiger partial charge in [0.1, 0.15) is 5.82 Å². The fourth-order valence-electron chi connectivity index (χ4n) is 2.55. The van der Waals surface area contributed by atoms with E-state index in [2.05, 4.69) is 29.1 Å². The molecular formula is C23H30N4O2. The molecule has 3 rings (SSSR count). The smallest absolute Gasteiger partial charge is 0.161 e. The molecule has 0 fully saturated rings. The van der Waals surface area contributed by atoms with Gasteiger partial charge in [0.05, 0.1) is 31.2 Å². The number of benzene rings is 2. The van der Waals surface area contributed by atoms with Crippen molar-refractivity contribution in [3.8, 4) is 22.8 Å². The number of aromatic nitrogens is 2. The molecule has 1 heterocycles. The Morgan fingerprint density at radius 3 is 2.52 bits per heavy atom. The molecule has 0 spiro atoms. The van der Waals surface area contributed by atoms with Gasteiger partial charge in [0.2, 0.25) is 0 Å². The van der Waals surface area contributed by atoms with Gasteiger partial charge in [-0.3, -0.25) is 4.98 Å². The molecule has 0 aliphatic carbocycles.